The van der Waals surface area contributed by atoms with Crippen molar-refractivity contribution in [1.82, 2.24) is 4.57 Å². The van der Waals surface area contributed by atoms with E-state index in [-0.39, 0.29) is 12.2 Å². The summed E-state index contributed by atoms with van der Waals surface area (Å²) in [4.78, 5) is 24.4. The second-order valence-corrected chi connectivity index (χ2v) is 10.9. The molecule has 0 fully saturated rings. The van der Waals surface area contributed by atoms with Crippen molar-refractivity contribution in [1.29, 1.82) is 0 Å². The minimum atomic E-state index is -0.793. The Hall–Kier alpha value is -4.12. The molecular formula is C36H42N2O3. The molecule has 5 nitrogen and oxygen atoms in total. The molecule has 0 spiro atoms. The molecule has 2 N–H and O–H groups in total. The van der Waals surface area contributed by atoms with Crippen LogP contribution in [-0.4, -0.2) is 28.0 Å². The average molecular weight is 551 g/mol. The highest BCUT2D eigenvalue weighted by Gasteiger charge is 2.19. The van der Waals surface area contributed by atoms with E-state index in [2.05, 4.69) is 70.5 Å². The summed E-state index contributed by atoms with van der Waals surface area (Å²) >= 11 is 0. The number of anilines is 1. The summed E-state index contributed by atoms with van der Waals surface area (Å²) in [5.41, 5.74) is 7.13. The third kappa shape index (κ3) is 8.68. The largest absolute Gasteiger partial charge is 0.481 e. The van der Waals surface area contributed by atoms with Crippen molar-refractivity contribution in [3.63, 3.8) is 0 Å². The molecule has 0 saturated carbocycles. The number of carboxylic acid groups (broad SMARTS) is 1. The lowest BCUT2D eigenvalue weighted by atomic mass is 9.93. The van der Waals surface area contributed by atoms with Crippen molar-refractivity contribution in [3.05, 3.63) is 125 Å². The molecule has 1 aromatic heterocycles. The summed E-state index contributed by atoms with van der Waals surface area (Å²) in [6.45, 7) is 2.93. The number of hydrogen-bond acceptors (Lipinski definition) is 3. The highest BCUT2D eigenvalue weighted by molar-refractivity contribution is 6.10. The molecule has 1 heterocycles. The van der Waals surface area contributed by atoms with Crippen molar-refractivity contribution in [2.75, 3.05) is 11.9 Å². The van der Waals surface area contributed by atoms with E-state index in [9.17, 15) is 9.59 Å². The van der Waals surface area contributed by atoms with Crippen LogP contribution in [0, 0.1) is 5.92 Å². The van der Waals surface area contributed by atoms with Gasteiger partial charge in [0.25, 0.3) is 0 Å². The van der Waals surface area contributed by atoms with Crippen LogP contribution in [0.25, 0.3) is 0 Å². The number of nitrogens with one attached hydrogen (secondary N) is 1. The van der Waals surface area contributed by atoms with Crippen molar-refractivity contribution in [3.8, 4) is 0 Å². The van der Waals surface area contributed by atoms with E-state index in [4.69, 9.17) is 5.11 Å². The number of carboxylic acids is 1. The Kier molecular flexibility index (Phi) is 10.9. The number of benzene rings is 3. The summed E-state index contributed by atoms with van der Waals surface area (Å²) < 4.78 is 2.05. The van der Waals surface area contributed by atoms with Gasteiger partial charge in [-0.1, -0.05) is 67.6 Å². The molecule has 4 rings (SSSR count). The Labute approximate surface area is 244 Å². The zero-order chi connectivity index (χ0) is 29.0. The molecule has 0 aliphatic carbocycles. The first-order chi connectivity index (χ1) is 19.9. The quantitative estimate of drug-likeness (QED) is 0.142. The van der Waals surface area contributed by atoms with Gasteiger partial charge in [0.1, 0.15) is 0 Å². The molecule has 41 heavy (non-hydrogen) atoms. The number of hydrogen-bond donors (Lipinski definition) is 2. The normalized spacial score (nSPS) is 11.1. The van der Waals surface area contributed by atoms with E-state index in [0.717, 1.165) is 55.7 Å². The molecule has 214 valence electrons. The lowest BCUT2D eigenvalue weighted by molar-refractivity contribution is -0.137. The minimum absolute atomic E-state index is 0.0112. The first-order valence-electron chi connectivity index (χ1n) is 14.8. The lowest BCUT2D eigenvalue weighted by Crippen LogP contribution is -2.16. The van der Waals surface area contributed by atoms with Gasteiger partial charge < -0.3 is 15.0 Å². The van der Waals surface area contributed by atoms with Crippen LogP contribution in [0.2, 0.25) is 0 Å². The molecule has 0 aliphatic heterocycles. The van der Waals surface area contributed by atoms with Crippen LogP contribution in [0.15, 0.2) is 91.0 Å². The summed E-state index contributed by atoms with van der Waals surface area (Å²) in [5.74, 6) is -0.261. The predicted octanol–water partition coefficient (Wildman–Crippen LogP) is 7.52. The van der Waals surface area contributed by atoms with Crippen LogP contribution >= 0.6 is 0 Å². The molecule has 0 amide bonds. The Morgan fingerprint density at radius 2 is 1.41 bits per heavy atom. The van der Waals surface area contributed by atoms with Gasteiger partial charge in [-0.25, -0.2) is 0 Å². The SMILES string of the molecule is CCc1c(C(=O)c2ccc(NCC(CCc3ccccc3)CCc3ccccc3)cc2)cc(CCCC(=O)O)n1C. The van der Waals surface area contributed by atoms with Crippen molar-refractivity contribution < 1.29 is 14.7 Å². The number of rotatable bonds is 16. The third-order valence-corrected chi connectivity index (χ3v) is 7.97. The van der Waals surface area contributed by atoms with E-state index >= 15 is 0 Å². The standard InChI is InChI=1S/C36H42N2O3/c1-3-34-33(25-32(38(34)2)15-10-16-35(39)40)36(41)30-21-23-31(24-22-30)37-26-29(19-17-27-11-6-4-7-12-27)20-18-28-13-8-5-9-14-28/h4-9,11-14,21-25,29,37H,3,10,15-20,26H2,1-2H3,(H,39,40). The molecule has 3 aromatic carbocycles. The maximum absolute atomic E-state index is 13.5. The highest BCUT2D eigenvalue weighted by Crippen LogP contribution is 2.23. The Morgan fingerprint density at radius 1 is 0.829 bits per heavy atom. The molecule has 0 bridgehead atoms. The number of aliphatic carboxylic acids is 1. The number of ketones is 1. The molecule has 4 aromatic rings. The van der Waals surface area contributed by atoms with E-state index in [1.54, 1.807) is 0 Å². The van der Waals surface area contributed by atoms with Gasteiger partial charge in [0, 0.05) is 48.2 Å². The first-order valence-corrected chi connectivity index (χ1v) is 14.8. The van der Waals surface area contributed by atoms with Gasteiger partial charge in [-0.2, -0.15) is 0 Å². The van der Waals surface area contributed by atoms with Crippen LogP contribution in [0.3, 0.4) is 0 Å². The van der Waals surface area contributed by atoms with Crippen molar-refractivity contribution in [2.24, 2.45) is 13.0 Å². The maximum Gasteiger partial charge on any atom is 0.303 e. The number of carbonyl (C=O) groups is 2. The fraction of sp³-hybridized carbons (Fsp3) is 0.333. The Balaban J connectivity index is 1.39. The monoisotopic (exact) mass is 550 g/mol. The van der Waals surface area contributed by atoms with E-state index < -0.39 is 5.97 Å². The number of nitrogens with zero attached hydrogens (tertiary/aromatic N) is 1. The summed E-state index contributed by atoms with van der Waals surface area (Å²) in [6.07, 6.45) is 6.41. The summed E-state index contributed by atoms with van der Waals surface area (Å²) in [5, 5.41) is 12.6. The van der Waals surface area contributed by atoms with Crippen LogP contribution < -0.4 is 5.32 Å². The number of aromatic nitrogens is 1. The molecule has 0 atom stereocenters. The highest BCUT2D eigenvalue weighted by atomic mass is 16.4. The zero-order valence-electron chi connectivity index (χ0n) is 24.3. The van der Waals surface area contributed by atoms with Crippen LogP contribution in [0.4, 0.5) is 5.69 Å². The molecule has 0 aliphatic rings. The second kappa shape index (κ2) is 15.0. The molecular weight excluding hydrogens is 508 g/mol. The van der Waals surface area contributed by atoms with Crippen molar-refractivity contribution >= 4 is 17.4 Å². The van der Waals surface area contributed by atoms with E-state index in [0.29, 0.717) is 29.9 Å². The van der Waals surface area contributed by atoms with Crippen LogP contribution in [-0.2, 0) is 37.5 Å². The van der Waals surface area contributed by atoms with Gasteiger partial charge in [0.05, 0.1) is 0 Å². The van der Waals surface area contributed by atoms with Gasteiger partial charge in [0.2, 0.25) is 0 Å². The number of aryl methyl sites for hydroxylation is 3. The topological polar surface area (TPSA) is 71.3 Å². The molecule has 5 heteroatoms. The molecule has 0 saturated heterocycles. The van der Waals surface area contributed by atoms with E-state index in [1.807, 2.05) is 44.3 Å². The van der Waals surface area contributed by atoms with Gasteiger partial charge in [-0.15, -0.1) is 0 Å². The van der Waals surface area contributed by atoms with Gasteiger partial charge >= 0.3 is 5.97 Å². The second-order valence-electron chi connectivity index (χ2n) is 10.9. The van der Waals surface area contributed by atoms with Crippen molar-refractivity contribution in [2.45, 2.75) is 58.3 Å². The fourth-order valence-electron chi connectivity index (χ4n) is 5.52. The molecule has 0 radical (unpaired) electrons. The first kappa shape index (κ1) is 29.9. The summed E-state index contributed by atoms with van der Waals surface area (Å²) in [6, 6.07) is 31.1. The van der Waals surface area contributed by atoms with Crippen LogP contribution in [0.1, 0.15) is 71.0 Å². The third-order valence-electron chi connectivity index (χ3n) is 7.97. The maximum atomic E-state index is 13.5. The Bertz CT molecular complexity index is 1350. The average Bonchev–Trinajstić information content (AvgIpc) is 3.32. The minimum Gasteiger partial charge on any atom is -0.481 e. The smallest absolute Gasteiger partial charge is 0.303 e. The van der Waals surface area contributed by atoms with Gasteiger partial charge in [0.15, 0.2) is 5.78 Å². The zero-order valence-corrected chi connectivity index (χ0v) is 24.3. The number of carbonyl (C=O) groups excluding carboxylic acids is 1. The van der Waals surface area contributed by atoms with E-state index in [1.165, 1.54) is 11.1 Å². The summed E-state index contributed by atoms with van der Waals surface area (Å²) in [7, 11) is 1.96. The van der Waals surface area contributed by atoms with Crippen LogP contribution in [0.5, 0.6) is 0 Å². The lowest BCUT2D eigenvalue weighted by Gasteiger charge is -2.19. The predicted molar refractivity (Wildman–Crippen MR) is 167 cm³/mol. The molecule has 0 unspecified atom stereocenters. The fourth-order valence-corrected chi connectivity index (χ4v) is 5.52. The van der Waals surface area contributed by atoms with Gasteiger partial charge in [-0.05, 0) is 92.3 Å². The Morgan fingerprint density at radius 3 is 1.95 bits per heavy atom. The van der Waals surface area contributed by atoms with Gasteiger partial charge in [-0.3, -0.25) is 9.59 Å².